The molecule has 0 atom stereocenters. The number of hydrogen-bond acceptors (Lipinski definition) is 6. The Balaban J connectivity index is 1.34. The summed E-state index contributed by atoms with van der Waals surface area (Å²) in [4.78, 5) is 25.6. The first-order valence-electron chi connectivity index (χ1n) is 10.0. The van der Waals surface area contributed by atoms with E-state index >= 15 is 0 Å². The monoisotopic (exact) mass is 403 g/mol. The average Bonchev–Trinajstić information content (AvgIpc) is 2.80. The highest BCUT2D eigenvalue weighted by Crippen LogP contribution is 2.20. The molecule has 0 aliphatic carbocycles. The molecule has 1 aromatic heterocycles. The molecule has 1 fully saturated rings. The molecular weight excluding hydrogens is 378 g/mol. The lowest BCUT2D eigenvalue weighted by molar-refractivity contribution is -0.115. The second-order valence-corrected chi connectivity index (χ2v) is 7.14. The Bertz CT molecular complexity index is 970. The fourth-order valence-corrected chi connectivity index (χ4v) is 3.54. The number of carbonyl (C=O) groups excluding carboxylic acids is 1. The number of ether oxygens (including phenoxy) is 1. The van der Waals surface area contributed by atoms with E-state index in [0.717, 1.165) is 43.3 Å². The van der Waals surface area contributed by atoms with Crippen LogP contribution in [-0.2, 0) is 11.2 Å². The summed E-state index contributed by atoms with van der Waals surface area (Å²) in [5.41, 5.74) is 2.16. The van der Waals surface area contributed by atoms with Gasteiger partial charge in [-0.15, -0.1) is 0 Å². The zero-order valence-electron chi connectivity index (χ0n) is 17.0. The molecule has 0 radical (unpaired) electrons. The Morgan fingerprint density at radius 3 is 2.37 bits per heavy atom. The number of amides is 1. The van der Waals surface area contributed by atoms with Crippen molar-refractivity contribution in [2.24, 2.45) is 0 Å². The number of piperazine rings is 1. The van der Waals surface area contributed by atoms with Crippen LogP contribution in [0.5, 0.6) is 5.75 Å². The van der Waals surface area contributed by atoms with Gasteiger partial charge in [-0.05, 0) is 29.8 Å². The van der Waals surface area contributed by atoms with Crippen molar-refractivity contribution < 1.29 is 9.53 Å². The van der Waals surface area contributed by atoms with Gasteiger partial charge in [0, 0.05) is 37.9 Å². The second kappa shape index (κ2) is 9.26. The fourth-order valence-electron chi connectivity index (χ4n) is 3.54. The normalized spacial score (nSPS) is 13.8. The molecule has 154 valence electrons. The van der Waals surface area contributed by atoms with Crippen LogP contribution < -0.4 is 19.9 Å². The first-order valence-corrected chi connectivity index (χ1v) is 10.0. The number of hydrogen-bond donors (Lipinski definition) is 1. The summed E-state index contributed by atoms with van der Waals surface area (Å²) in [6.45, 7) is 3.58. The Labute approximate surface area is 176 Å². The van der Waals surface area contributed by atoms with E-state index < -0.39 is 0 Å². The SMILES string of the molecule is COc1ccc(CC(=O)Nc2cc(N3CCN(c4ccccc4)CC3)ncn2)cc1. The number of nitrogens with zero attached hydrogens (tertiary/aromatic N) is 4. The maximum atomic E-state index is 12.4. The molecule has 3 aromatic rings. The molecular formula is C23H25N5O2. The minimum absolute atomic E-state index is 0.112. The smallest absolute Gasteiger partial charge is 0.229 e. The van der Waals surface area contributed by atoms with Gasteiger partial charge in [0.2, 0.25) is 5.91 Å². The molecule has 1 aliphatic rings. The Hall–Kier alpha value is -3.61. The first-order chi connectivity index (χ1) is 14.7. The molecule has 7 heteroatoms. The number of methoxy groups -OCH3 is 1. The van der Waals surface area contributed by atoms with Crippen LogP contribution in [0.1, 0.15) is 5.56 Å². The summed E-state index contributed by atoms with van der Waals surface area (Å²) in [7, 11) is 1.62. The number of carbonyl (C=O) groups is 1. The van der Waals surface area contributed by atoms with Crippen molar-refractivity contribution in [3.8, 4) is 5.75 Å². The molecule has 30 heavy (non-hydrogen) atoms. The van der Waals surface area contributed by atoms with Crippen LogP contribution in [-0.4, -0.2) is 49.2 Å². The van der Waals surface area contributed by atoms with Crippen LogP contribution in [0.4, 0.5) is 17.3 Å². The quantitative estimate of drug-likeness (QED) is 0.682. The van der Waals surface area contributed by atoms with Gasteiger partial charge in [0.05, 0.1) is 13.5 Å². The summed E-state index contributed by atoms with van der Waals surface area (Å²) in [5, 5.41) is 2.87. The molecule has 0 bridgehead atoms. The minimum atomic E-state index is -0.112. The highest BCUT2D eigenvalue weighted by molar-refractivity contribution is 5.91. The molecule has 1 N–H and O–H groups in total. The van der Waals surface area contributed by atoms with Crippen molar-refractivity contribution in [2.75, 3.05) is 48.4 Å². The zero-order valence-corrected chi connectivity index (χ0v) is 17.0. The third-order valence-electron chi connectivity index (χ3n) is 5.17. The average molecular weight is 403 g/mol. The topological polar surface area (TPSA) is 70.6 Å². The van der Waals surface area contributed by atoms with E-state index in [9.17, 15) is 4.79 Å². The largest absolute Gasteiger partial charge is 0.497 e. The van der Waals surface area contributed by atoms with Crippen molar-refractivity contribution in [1.82, 2.24) is 9.97 Å². The van der Waals surface area contributed by atoms with E-state index in [0.29, 0.717) is 5.82 Å². The van der Waals surface area contributed by atoms with Crippen molar-refractivity contribution in [2.45, 2.75) is 6.42 Å². The third kappa shape index (κ3) is 4.86. The van der Waals surface area contributed by atoms with Gasteiger partial charge in [-0.3, -0.25) is 4.79 Å². The first kappa shape index (κ1) is 19.7. The number of para-hydroxylation sites is 1. The molecule has 1 amide bonds. The van der Waals surface area contributed by atoms with E-state index in [2.05, 4.69) is 49.4 Å². The highest BCUT2D eigenvalue weighted by atomic mass is 16.5. The van der Waals surface area contributed by atoms with Crippen LogP contribution in [0, 0.1) is 0 Å². The van der Waals surface area contributed by atoms with Gasteiger partial charge in [-0.25, -0.2) is 9.97 Å². The van der Waals surface area contributed by atoms with Gasteiger partial charge in [0.15, 0.2) is 0 Å². The molecule has 7 nitrogen and oxygen atoms in total. The van der Waals surface area contributed by atoms with Crippen molar-refractivity contribution >= 4 is 23.2 Å². The number of anilines is 3. The van der Waals surface area contributed by atoms with Crippen LogP contribution >= 0.6 is 0 Å². The van der Waals surface area contributed by atoms with Crippen LogP contribution in [0.25, 0.3) is 0 Å². The summed E-state index contributed by atoms with van der Waals surface area (Å²) in [6.07, 6.45) is 1.78. The summed E-state index contributed by atoms with van der Waals surface area (Å²) >= 11 is 0. The lowest BCUT2D eigenvalue weighted by Crippen LogP contribution is -2.46. The van der Waals surface area contributed by atoms with Gasteiger partial charge < -0.3 is 19.9 Å². The predicted molar refractivity (Wildman–Crippen MR) is 118 cm³/mol. The predicted octanol–water partition coefficient (Wildman–Crippen LogP) is 2.99. The number of benzene rings is 2. The molecule has 4 rings (SSSR count). The van der Waals surface area contributed by atoms with Gasteiger partial charge in [0.25, 0.3) is 0 Å². The number of rotatable bonds is 6. The standard InChI is InChI=1S/C23H25N5O2/c1-30-20-9-7-18(8-10-20)15-23(29)26-21-16-22(25-17-24-21)28-13-11-27(12-14-28)19-5-3-2-4-6-19/h2-10,16-17H,11-15H2,1H3,(H,24,25,26,29). The van der Waals surface area contributed by atoms with Gasteiger partial charge >= 0.3 is 0 Å². The molecule has 2 heterocycles. The minimum Gasteiger partial charge on any atom is -0.497 e. The fraction of sp³-hybridized carbons (Fsp3) is 0.261. The maximum Gasteiger partial charge on any atom is 0.229 e. The second-order valence-electron chi connectivity index (χ2n) is 7.14. The van der Waals surface area contributed by atoms with Crippen LogP contribution in [0.3, 0.4) is 0 Å². The summed E-state index contributed by atoms with van der Waals surface area (Å²) in [6, 6.07) is 19.7. The van der Waals surface area contributed by atoms with E-state index in [1.54, 1.807) is 7.11 Å². The molecule has 1 saturated heterocycles. The van der Waals surface area contributed by atoms with E-state index in [4.69, 9.17) is 4.74 Å². The molecule has 1 aliphatic heterocycles. The molecule has 0 saturated carbocycles. The lowest BCUT2D eigenvalue weighted by Gasteiger charge is -2.36. The van der Waals surface area contributed by atoms with Gasteiger partial charge in [-0.1, -0.05) is 30.3 Å². The van der Waals surface area contributed by atoms with Crippen molar-refractivity contribution in [1.29, 1.82) is 0 Å². The van der Waals surface area contributed by atoms with Crippen molar-refractivity contribution in [3.63, 3.8) is 0 Å². The van der Waals surface area contributed by atoms with E-state index in [-0.39, 0.29) is 12.3 Å². The summed E-state index contributed by atoms with van der Waals surface area (Å²) < 4.78 is 5.15. The Morgan fingerprint density at radius 1 is 0.967 bits per heavy atom. The Morgan fingerprint density at radius 2 is 1.67 bits per heavy atom. The van der Waals surface area contributed by atoms with Gasteiger partial charge in [0.1, 0.15) is 23.7 Å². The zero-order chi connectivity index (χ0) is 20.8. The number of nitrogens with one attached hydrogen (secondary N) is 1. The lowest BCUT2D eigenvalue weighted by atomic mass is 10.1. The molecule has 0 spiro atoms. The van der Waals surface area contributed by atoms with Crippen LogP contribution in [0.2, 0.25) is 0 Å². The molecule has 2 aromatic carbocycles. The van der Waals surface area contributed by atoms with Crippen LogP contribution in [0.15, 0.2) is 67.0 Å². The molecule has 0 unspecified atom stereocenters. The van der Waals surface area contributed by atoms with E-state index in [1.165, 1.54) is 12.0 Å². The Kier molecular flexibility index (Phi) is 6.08. The third-order valence-corrected chi connectivity index (χ3v) is 5.17. The summed E-state index contributed by atoms with van der Waals surface area (Å²) in [5.74, 6) is 2.01. The van der Waals surface area contributed by atoms with Crippen molar-refractivity contribution in [3.05, 3.63) is 72.6 Å². The number of aromatic nitrogens is 2. The van der Waals surface area contributed by atoms with E-state index in [1.807, 2.05) is 36.4 Å². The van der Waals surface area contributed by atoms with Gasteiger partial charge in [-0.2, -0.15) is 0 Å². The highest BCUT2D eigenvalue weighted by Gasteiger charge is 2.19. The maximum absolute atomic E-state index is 12.4.